The van der Waals surface area contributed by atoms with Gasteiger partial charge in [-0.15, -0.1) is 0 Å². The van der Waals surface area contributed by atoms with E-state index in [2.05, 4.69) is 58.3 Å². The smallest absolute Gasteiger partial charge is 0.251 e. The summed E-state index contributed by atoms with van der Waals surface area (Å²) in [5.74, 6) is 0.0646. The molecule has 2 aromatic rings. The van der Waals surface area contributed by atoms with Crippen LogP contribution >= 0.6 is 0 Å². The van der Waals surface area contributed by atoms with Crippen molar-refractivity contribution in [2.24, 2.45) is 5.41 Å². The van der Waals surface area contributed by atoms with Crippen molar-refractivity contribution >= 4 is 17.3 Å². The van der Waals surface area contributed by atoms with Crippen LogP contribution in [0.25, 0.3) is 0 Å². The van der Waals surface area contributed by atoms with Crippen molar-refractivity contribution in [3.05, 3.63) is 58.7 Å². The molecule has 1 saturated carbocycles. The molecule has 6 heteroatoms. The Morgan fingerprint density at radius 3 is 2.43 bits per heavy atom. The third-order valence-electron chi connectivity index (χ3n) is 8.89. The number of fused-ring (bicyclic) bond motifs is 1. The highest BCUT2D eigenvalue weighted by Crippen LogP contribution is 2.56. The van der Waals surface area contributed by atoms with Crippen LogP contribution in [0, 0.1) is 12.3 Å². The number of aryl methyl sites for hydroxylation is 1. The van der Waals surface area contributed by atoms with Crippen LogP contribution in [-0.2, 0) is 17.6 Å². The van der Waals surface area contributed by atoms with E-state index in [1.54, 1.807) is 11.1 Å². The Labute approximate surface area is 209 Å². The number of carbonyl (C=O) groups is 1. The molecule has 1 amide bonds. The number of ether oxygens (including phenoxy) is 1. The predicted molar refractivity (Wildman–Crippen MR) is 141 cm³/mol. The van der Waals surface area contributed by atoms with Gasteiger partial charge in [0.15, 0.2) is 0 Å². The summed E-state index contributed by atoms with van der Waals surface area (Å²) in [6, 6.07) is 13.0. The van der Waals surface area contributed by atoms with Crippen LogP contribution in [0.4, 0.5) is 11.4 Å². The molecule has 2 unspecified atom stereocenters. The number of amides is 1. The van der Waals surface area contributed by atoms with Crippen molar-refractivity contribution in [3.63, 3.8) is 0 Å². The number of nitrogens with one attached hydrogen (secondary N) is 1. The second kappa shape index (κ2) is 9.14. The van der Waals surface area contributed by atoms with Crippen LogP contribution in [0.5, 0.6) is 0 Å². The molecule has 0 radical (unpaired) electrons. The molecule has 35 heavy (non-hydrogen) atoms. The summed E-state index contributed by atoms with van der Waals surface area (Å²) >= 11 is 0. The van der Waals surface area contributed by atoms with Crippen LogP contribution in [0.2, 0.25) is 0 Å². The van der Waals surface area contributed by atoms with Gasteiger partial charge < -0.3 is 24.8 Å². The van der Waals surface area contributed by atoms with Gasteiger partial charge in [0.25, 0.3) is 5.91 Å². The monoisotopic (exact) mass is 474 g/mol. The molecule has 0 aromatic heterocycles. The van der Waals surface area contributed by atoms with Crippen LogP contribution in [0.1, 0.15) is 39.9 Å². The van der Waals surface area contributed by atoms with E-state index >= 15 is 0 Å². The first-order valence-corrected chi connectivity index (χ1v) is 13.3. The number of hydrogen-bond acceptors (Lipinski definition) is 5. The number of piperazine rings is 1. The molecule has 6 nitrogen and oxygen atoms in total. The molecule has 2 aliphatic carbocycles. The van der Waals surface area contributed by atoms with Gasteiger partial charge in [-0.3, -0.25) is 4.79 Å². The molecule has 2 aliphatic heterocycles. The number of carbonyl (C=O) groups excluding carboxylic acids is 1. The van der Waals surface area contributed by atoms with Crippen molar-refractivity contribution in [3.8, 4) is 0 Å². The maximum Gasteiger partial charge on any atom is 0.251 e. The summed E-state index contributed by atoms with van der Waals surface area (Å²) in [4.78, 5) is 20.4. The SMILES string of the molecule is Cc1ccc(N2CCN(C)CC2)c2c1CCC1(C2)CC1NC(=O)c1ccc(N2CCOCC2)cc1. The Kier molecular flexibility index (Phi) is 5.97. The van der Waals surface area contributed by atoms with E-state index in [-0.39, 0.29) is 17.4 Å². The second-order valence-electron chi connectivity index (χ2n) is 11.1. The fourth-order valence-corrected chi connectivity index (χ4v) is 6.41. The minimum atomic E-state index is 0.0646. The van der Waals surface area contributed by atoms with Gasteiger partial charge in [0.05, 0.1) is 13.2 Å². The Hall–Kier alpha value is -2.57. The van der Waals surface area contributed by atoms with Crippen LogP contribution < -0.4 is 15.1 Å². The van der Waals surface area contributed by atoms with E-state index in [9.17, 15) is 4.79 Å². The number of morpholine rings is 1. The van der Waals surface area contributed by atoms with Crippen molar-refractivity contribution in [2.45, 2.75) is 38.6 Å². The number of hydrogen-bond donors (Lipinski definition) is 1. The normalized spacial score (nSPS) is 26.5. The average Bonchev–Trinajstić information content (AvgIpc) is 3.55. The summed E-state index contributed by atoms with van der Waals surface area (Å²) in [6.07, 6.45) is 4.49. The average molecular weight is 475 g/mol. The van der Waals surface area contributed by atoms with Crippen LogP contribution in [-0.4, -0.2) is 76.4 Å². The number of benzene rings is 2. The lowest BCUT2D eigenvalue weighted by molar-refractivity contribution is 0.0944. The molecule has 186 valence electrons. The second-order valence-corrected chi connectivity index (χ2v) is 11.1. The largest absolute Gasteiger partial charge is 0.378 e. The molecule has 2 saturated heterocycles. The summed E-state index contributed by atoms with van der Waals surface area (Å²) in [7, 11) is 2.21. The van der Waals surface area contributed by atoms with E-state index in [0.717, 1.165) is 77.3 Å². The fourth-order valence-electron chi connectivity index (χ4n) is 6.41. The molecule has 1 N–H and O–H groups in total. The summed E-state index contributed by atoms with van der Waals surface area (Å²) < 4.78 is 5.45. The third kappa shape index (κ3) is 4.43. The fraction of sp³-hybridized carbons (Fsp3) is 0.552. The van der Waals surface area contributed by atoms with Crippen molar-refractivity contribution in [1.82, 2.24) is 10.2 Å². The highest BCUT2D eigenvalue weighted by atomic mass is 16.5. The summed E-state index contributed by atoms with van der Waals surface area (Å²) in [5, 5.41) is 3.39. The molecule has 2 atom stereocenters. The lowest BCUT2D eigenvalue weighted by atomic mass is 9.78. The van der Waals surface area contributed by atoms with Gasteiger partial charge >= 0.3 is 0 Å². The van der Waals surface area contributed by atoms with E-state index < -0.39 is 0 Å². The molecule has 2 aromatic carbocycles. The first-order chi connectivity index (χ1) is 17.0. The third-order valence-corrected chi connectivity index (χ3v) is 8.89. The Morgan fingerprint density at radius 2 is 1.69 bits per heavy atom. The molecule has 0 bridgehead atoms. The van der Waals surface area contributed by atoms with Crippen LogP contribution in [0.15, 0.2) is 36.4 Å². The lowest BCUT2D eigenvalue weighted by Gasteiger charge is -2.38. The molecular weight excluding hydrogens is 436 g/mol. The lowest BCUT2D eigenvalue weighted by Crippen LogP contribution is -2.45. The van der Waals surface area contributed by atoms with Gasteiger partial charge in [-0.05, 0) is 92.1 Å². The molecule has 6 rings (SSSR count). The first kappa shape index (κ1) is 22.9. The molecule has 4 aliphatic rings. The number of rotatable bonds is 4. The zero-order valence-electron chi connectivity index (χ0n) is 21.2. The van der Waals surface area contributed by atoms with Crippen molar-refractivity contribution < 1.29 is 9.53 Å². The van der Waals surface area contributed by atoms with E-state index in [1.807, 2.05) is 12.1 Å². The quantitative estimate of drug-likeness (QED) is 0.737. The van der Waals surface area contributed by atoms with Gasteiger partial charge in [-0.2, -0.15) is 0 Å². The number of likely N-dealkylation sites (N-methyl/N-ethyl adjacent to an activating group) is 1. The topological polar surface area (TPSA) is 48.0 Å². The minimum Gasteiger partial charge on any atom is -0.378 e. The zero-order chi connectivity index (χ0) is 24.0. The highest BCUT2D eigenvalue weighted by Gasteiger charge is 2.56. The van der Waals surface area contributed by atoms with Gasteiger partial charge in [-0.25, -0.2) is 0 Å². The van der Waals surface area contributed by atoms with Gasteiger partial charge in [0, 0.05) is 62.2 Å². The predicted octanol–water partition coefficient (Wildman–Crippen LogP) is 3.26. The summed E-state index contributed by atoms with van der Waals surface area (Å²) in [5.41, 5.74) is 8.13. The highest BCUT2D eigenvalue weighted by molar-refractivity contribution is 5.95. The van der Waals surface area contributed by atoms with E-state index in [0.29, 0.717) is 0 Å². The van der Waals surface area contributed by atoms with Crippen LogP contribution in [0.3, 0.4) is 0 Å². The minimum absolute atomic E-state index is 0.0646. The summed E-state index contributed by atoms with van der Waals surface area (Å²) in [6.45, 7) is 10.1. The van der Waals surface area contributed by atoms with Gasteiger partial charge in [0.1, 0.15) is 0 Å². The standard InChI is InChI=1S/C29H38N4O2/c1-21-3-8-26(33-13-11-31(2)12-14-33)25-19-29(10-9-24(21)25)20-27(29)30-28(34)22-4-6-23(7-5-22)32-15-17-35-18-16-32/h3-8,27H,9-20H2,1-2H3,(H,30,34). The Balaban J connectivity index is 1.14. The Morgan fingerprint density at radius 1 is 0.943 bits per heavy atom. The molecular formula is C29H38N4O2. The van der Waals surface area contributed by atoms with E-state index in [4.69, 9.17) is 4.74 Å². The first-order valence-electron chi connectivity index (χ1n) is 13.3. The maximum atomic E-state index is 13.1. The molecule has 3 fully saturated rings. The maximum absolute atomic E-state index is 13.1. The number of anilines is 2. The van der Waals surface area contributed by atoms with Gasteiger partial charge in [0.2, 0.25) is 0 Å². The molecule has 1 spiro atoms. The zero-order valence-corrected chi connectivity index (χ0v) is 21.2. The van der Waals surface area contributed by atoms with E-state index in [1.165, 1.54) is 23.4 Å². The number of nitrogens with zero attached hydrogens (tertiary/aromatic N) is 3. The Bertz CT molecular complexity index is 1090. The van der Waals surface area contributed by atoms with Crippen molar-refractivity contribution in [1.29, 1.82) is 0 Å². The van der Waals surface area contributed by atoms with Crippen molar-refractivity contribution in [2.75, 3.05) is 69.3 Å². The molecule has 2 heterocycles. The van der Waals surface area contributed by atoms with Gasteiger partial charge in [-0.1, -0.05) is 6.07 Å².